The van der Waals surface area contributed by atoms with Crippen molar-refractivity contribution in [3.63, 3.8) is 0 Å². The molecule has 6 aromatic rings. The van der Waals surface area contributed by atoms with Crippen LogP contribution in [0.25, 0.3) is 39.0 Å². The van der Waals surface area contributed by atoms with Gasteiger partial charge in [0.1, 0.15) is 0 Å². The quantitative estimate of drug-likeness (QED) is 0.210. The Kier molecular flexibility index (Phi) is 5.52. The minimum absolute atomic E-state index is 1.02. The van der Waals surface area contributed by atoms with E-state index in [9.17, 15) is 0 Å². The van der Waals surface area contributed by atoms with Crippen molar-refractivity contribution in [2.75, 3.05) is 0 Å². The minimum atomic E-state index is 1.02. The van der Waals surface area contributed by atoms with Crippen LogP contribution >= 0.6 is 68.0 Å². The SMILES string of the molecule is c1csc(-c2ccc(-c3ccc(Cc4ccc(-c5ccc(-c6cccs6)s5)s4)s3)s2)c1. The van der Waals surface area contributed by atoms with Crippen molar-refractivity contribution in [3.05, 3.63) is 93.3 Å². The van der Waals surface area contributed by atoms with Crippen molar-refractivity contribution >= 4 is 68.0 Å². The maximum Gasteiger partial charge on any atom is 0.0449 e. The number of hydrogen-bond acceptors (Lipinski definition) is 6. The third-order valence-corrected chi connectivity index (χ3v) is 11.8. The van der Waals surface area contributed by atoms with E-state index in [-0.39, 0.29) is 0 Å². The second kappa shape index (κ2) is 8.62. The van der Waals surface area contributed by atoms with Gasteiger partial charge in [0.05, 0.1) is 0 Å². The second-order valence-electron chi connectivity index (χ2n) is 6.99. The molecule has 0 amide bonds. The molecule has 0 nitrogen and oxygen atoms in total. The minimum Gasteiger partial charge on any atom is -0.143 e. The van der Waals surface area contributed by atoms with Crippen LogP contribution in [0, 0.1) is 0 Å². The van der Waals surface area contributed by atoms with Crippen molar-refractivity contribution in [1.29, 1.82) is 0 Å². The van der Waals surface area contributed by atoms with Crippen LogP contribution in [0.4, 0.5) is 0 Å². The molecule has 6 heteroatoms. The molecule has 0 bridgehead atoms. The van der Waals surface area contributed by atoms with Gasteiger partial charge in [-0.3, -0.25) is 0 Å². The lowest BCUT2D eigenvalue weighted by Gasteiger charge is -1.94. The van der Waals surface area contributed by atoms with Gasteiger partial charge in [-0.1, -0.05) is 12.1 Å². The molecule has 0 aromatic carbocycles. The van der Waals surface area contributed by atoms with E-state index in [0.29, 0.717) is 0 Å². The molecule has 31 heavy (non-hydrogen) atoms. The molecule has 0 unspecified atom stereocenters. The summed E-state index contributed by atoms with van der Waals surface area (Å²) in [5.74, 6) is 0. The first-order chi connectivity index (χ1) is 15.3. The topological polar surface area (TPSA) is 0 Å². The van der Waals surface area contributed by atoms with E-state index in [2.05, 4.69) is 83.6 Å². The molecule has 0 radical (unpaired) electrons. The van der Waals surface area contributed by atoms with Crippen molar-refractivity contribution in [2.45, 2.75) is 6.42 Å². The first kappa shape index (κ1) is 19.9. The van der Waals surface area contributed by atoms with Gasteiger partial charge in [-0.15, -0.1) is 68.0 Å². The Labute approximate surface area is 205 Å². The van der Waals surface area contributed by atoms with E-state index in [4.69, 9.17) is 0 Å². The smallest absolute Gasteiger partial charge is 0.0449 e. The van der Waals surface area contributed by atoms with E-state index in [1.54, 1.807) is 0 Å². The van der Waals surface area contributed by atoms with E-state index in [0.717, 1.165) is 6.42 Å². The van der Waals surface area contributed by atoms with Crippen LogP contribution in [0.2, 0.25) is 0 Å². The lowest BCUT2D eigenvalue weighted by molar-refractivity contribution is 1.31. The Morgan fingerprint density at radius 1 is 0.387 bits per heavy atom. The van der Waals surface area contributed by atoms with Crippen LogP contribution in [0.1, 0.15) is 9.75 Å². The molecule has 6 heterocycles. The van der Waals surface area contributed by atoms with Crippen LogP contribution in [0.5, 0.6) is 0 Å². The predicted octanol–water partition coefficient (Wildman–Crippen LogP) is 10.3. The second-order valence-corrected chi connectivity index (χ2v) is 13.4. The first-order valence-electron chi connectivity index (χ1n) is 9.77. The molecule has 0 fully saturated rings. The highest BCUT2D eigenvalue weighted by atomic mass is 32.1. The predicted molar refractivity (Wildman–Crippen MR) is 145 cm³/mol. The Morgan fingerprint density at radius 2 is 0.774 bits per heavy atom. The third kappa shape index (κ3) is 4.16. The highest BCUT2D eigenvalue weighted by Crippen LogP contribution is 2.41. The number of thiophene rings is 6. The Morgan fingerprint density at radius 3 is 1.19 bits per heavy atom. The van der Waals surface area contributed by atoms with E-state index in [1.807, 2.05) is 68.0 Å². The van der Waals surface area contributed by atoms with Gasteiger partial charge in [0.25, 0.3) is 0 Å². The van der Waals surface area contributed by atoms with Gasteiger partial charge in [0, 0.05) is 55.2 Å². The summed E-state index contributed by atoms with van der Waals surface area (Å²) in [5, 5.41) is 4.29. The molecule has 6 aromatic heterocycles. The zero-order valence-electron chi connectivity index (χ0n) is 16.2. The van der Waals surface area contributed by atoms with E-state index in [1.165, 1.54) is 48.8 Å². The zero-order valence-corrected chi connectivity index (χ0v) is 21.1. The molecule has 0 saturated heterocycles. The molecular weight excluding hydrogens is 493 g/mol. The van der Waals surface area contributed by atoms with Gasteiger partial charge < -0.3 is 0 Å². The lowest BCUT2D eigenvalue weighted by Crippen LogP contribution is -1.76. The molecule has 152 valence electrons. The molecule has 0 aliphatic heterocycles. The van der Waals surface area contributed by atoms with Gasteiger partial charge >= 0.3 is 0 Å². The van der Waals surface area contributed by atoms with Crippen LogP contribution in [-0.2, 0) is 6.42 Å². The van der Waals surface area contributed by atoms with Crippen molar-refractivity contribution in [1.82, 2.24) is 0 Å². The first-order valence-corrected chi connectivity index (χ1v) is 14.8. The highest BCUT2D eigenvalue weighted by Gasteiger charge is 2.11. The monoisotopic (exact) mass is 508 g/mol. The molecule has 0 aliphatic carbocycles. The molecular formula is C25H16S6. The molecule has 0 aliphatic rings. The summed E-state index contributed by atoms with van der Waals surface area (Å²) in [5.41, 5.74) is 0. The van der Waals surface area contributed by atoms with Gasteiger partial charge in [-0.05, 0) is 71.4 Å². The van der Waals surface area contributed by atoms with Gasteiger partial charge in [0.2, 0.25) is 0 Å². The zero-order chi connectivity index (χ0) is 20.6. The number of rotatable bonds is 6. The summed E-state index contributed by atoms with van der Waals surface area (Å²) in [6.07, 6.45) is 1.02. The fraction of sp³-hybridized carbons (Fsp3) is 0.0400. The molecule has 0 spiro atoms. The normalized spacial score (nSPS) is 11.4. The molecule has 6 rings (SSSR count). The highest BCUT2D eigenvalue weighted by molar-refractivity contribution is 7.27. The van der Waals surface area contributed by atoms with E-state index < -0.39 is 0 Å². The average molecular weight is 509 g/mol. The average Bonchev–Trinajstić information content (AvgIpc) is 3.61. The van der Waals surface area contributed by atoms with Crippen LogP contribution in [0.3, 0.4) is 0 Å². The molecule has 0 atom stereocenters. The summed E-state index contributed by atoms with van der Waals surface area (Å²) in [4.78, 5) is 13.8. The Bertz CT molecular complexity index is 1290. The summed E-state index contributed by atoms with van der Waals surface area (Å²) in [6.45, 7) is 0. The third-order valence-electron chi connectivity index (χ3n) is 4.90. The Balaban J connectivity index is 1.18. The van der Waals surface area contributed by atoms with Gasteiger partial charge in [-0.25, -0.2) is 0 Å². The maximum atomic E-state index is 2.30. The summed E-state index contributed by atoms with van der Waals surface area (Å²) in [7, 11) is 0. The Hall–Kier alpha value is -1.80. The summed E-state index contributed by atoms with van der Waals surface area (Å²) in [6, 6.07) is 26.8. The van der Waals surface area contributed by atoms with Gasteiger partial charge in [-0.2, -0.15) is 0 Å². The standard InChI is InChI=1S/C25H16S6/c1-3-18(26-13-1)20-9-11-24(30-20)22-7-5-16(28-22)15-17-6-8-23(29-17)25-12-10-21(31-25)19-4-2-14-27-19/h1-14H,15H2. The number of hydrogen-bond donors (Lipinski definition) is 0. The molecule has 0 N–H and O–H groups in total. The summed E-state index contributed by atoms with van der Waals surface area (Å²) < 4.78 is 0. The van der Waals surface area contributed by atoms with E-state index >= 15 is 0 Å². The van der Waals surface area contributed by atoms with Crippen LogP contribution in [0.15, 0.2) is 83.6 Å². The van der Waals surface area contributed by atoms with Crippen molar-refractivity contribution in [2.24, 2.45) is 0 Å². The lowest BCUT2D eigenvalue weighted by atomic mass is 10.3. The van der Waals surface area contributed by atoms with Crippen LogP contribution < -0.4 is 0 Å². The largest absolute Gasteiger partial charge is 0.143 e. The summed E-state index contributed by atoms with van der Waals surface area (Å²) >= 11 is 11.2. The fourth-order valence-corrected chi connectivity index (χ4v) is 9.44. The van der Waals surface area contributed by atoms with Crippen molar-refractivity contribution < 1.29 is 0 Å². The molecule has 0 saturated carbocycles. The maximum absolute atomic E-state index is 2.30. The fourth-order valence-electron chi connectivity index (χ4n) is 3.43. The van der Waals surface area contributed by atoms with Gasteiger partial charge in [0.15, 0.2) is 0 Å². The van der Waals surface area contributed by atoms with Crippen molar-refractivity contribution in [3.8, 4) is 39.0 Å². The van der Waals surface area contributed by atoms with Crippen LogP contribution in [-0.4, -0.2) is 0 Å².